The smallest absolute Gasteiger partial charge is 0.123 e. The van der Waals surface area contributed by atoms with Gasteiger partial charge in [0.05, 0.1) is 7.11 Å². The lowest BCUT2D eigenvalue weighted by atomic mass is 9.72. The summed E-state index contributed by atoms with van der Waals surface area (Å²) >= 11 is 0. The fraction of sp³-hybridized carbons (Fsp3) is 0.280. The molecule has 3 nitrogen and oxygen atoms in total. The number of nitrogens with zero attached hydrogens (tertiary/aromatic N) is 1. The molecule has 2 saturated heterocycles. The molecule has 0 saturated carbocycles. The maximum atomic E-state index is 13.2. The van der Waals surface area contributed by atoms with E-state index in [9.17, 15) is 4.39 Å². The first-order valence-electron chi connectivity index (χ1n) is 10.2. The van der Waals surface area contributed by atoms with Gasteiger partial charge in [0.15, 0.2) is 0 Å². The third-order valence-corrected chi connectivity index (χ3v) is 6.37. The van der Waals surface area contributed by atoms with Gasteiger partial charge in [-0.3, -0.25) is 4.90 Å². The summed E-state index contributed by atoms with van der Waals surface area (Å²) < 4.78 is 18.6. The summed E-state index contributed by atoms with van der Waals surface area (Å²) in [7, 11) is 1.70. The van der Waals surface area contributed by atoms with E-state index in [1.165, 1.54) is 22.3 Å². The van der Waals surface area contributed by atoms with E-state index >= 15 is 0 Å². The van der Waals surface area contributed by atoms with E-state index in [4.69, 9.17) is 4.74 Å². The predicted molar refractivity (Wildman–Crippen MR) is 114 cm³/mol. The molecule has 2 aliphatic heterocycles. The number of piperazine rings is 1. The predicted octanol–water partition coefficient (Wildman–Crippen LogP) is 4.44. The monoisotopic (exact) mass is 388 g/mol. The Balaban J connectivity index is 1.33. The Bertz CT molecular complexity index is 974. The van der Waals surface area contributed by atoms with Crippen molar-refractivity contribution in [3.8, 4) is 16.9 Å². The van der Waals surface area contributed by atoms with Crippen molar-refractivity contribution in [2.45, 2.75) is 24.5 Å². The average molecular weight is 388 g/mol. The number of methoxy groups -OCH3 is 1. The van der Waals surface area contributed by atoms with Crippen molar-refractivity contribution in [3.05, 3.63) is 89.7 Å². The molecule has 2 fully saturated rings. The first-order valence-corrected chi connectivity index (χ1v) is 10.2. The summed E-state index contributed by atoms with van der Waals surface area (Å²) in [6.45, 7) is 2.88. The Morgan fingerprint density at radius 2 is 1.66 bits per heavy atom. The van der Waals surface area contributed by atoms with Crippen LogP contribution in [0.4, 0.5) is 4.39 Å². The molecule has 3 aromatic rings. The quantitative estimate of drug-likeness (QED) is 0.699. The van der Waals surface area contributed by atoms with Gasteiger partial charge in [0.25, 0.3) is 0 Å². The van der Waals surface area contributed by atoms with Crippen LogP contribution in [0.2, 0.25) is 0 Å². The molecule has 3 aromatic carbocycles. The topological polar surface area (TPSA) is 24.5 Å². The van der Waals surface area contributed by atoms with Crippen LogP contribution >= 0.6 is 0 Å². The first kappa shape index (κ1) is 18.3. The van der Waals surface area contributed by atoms with Crippen LogP contribution in [0.5, 0.6) is 5.75 Å². The standard InChI is InChI=1S/C25H25FN2O/c1-29-22-4-2-3-20(13-22)18-7-9-19(10-8-18)25-23-14-27-15-24(25)28(23)16-17-5-11-21(26)12-6-17/h2-13,23-25,27H,14-16H2,1H3/t23-,24+,25?. The number of nitrogens with one attached hydrogen (secondary N) is 1. The van der Waals surface area contributed by atoms with E-state index in [1.54, 1.807) is 19.2 Å². The normalized spacial score (nSPS) is 23.4. The zero-order valence-corrected chi connectivity index (χ0v) is 16.5. The van der Waals surface area contributed by atoms with Crippen molar-refractivity contribution in [2.75, 3.05) is 20.2 Å². The molecule has 4 heteroatoms. The van der Waals surface area contributed by atoms with Crippen molar-refractivity contribution < 1.29 is 9.13 Å². The summed E-state index contributed by atoms with van der Waals surface area (Å²) in [6.07, 6.45) is 0. The minimum Gasteiger partial charge on any atom is -0.497 e. The van der Waals surface area contributed by atoms with Crippen LogP contribution in [0.1, 0.15) is 17.0 Å². The summed E-state index contributed by atoms with van der Waals surface area (Å²) in [5, 5.41) is 3.54. The Hall–Kier alpha value is -2.69. The van der Waals surface area contributed by atoms with Gasteiger partial charge < -0.3 is 10.1 Å². The summed E-state index contributed by atoms with van der Waals surface area (Å²) in [5.74, 6) is 1.26. The van der Waals surface area contributed by atoms with Gasteiger partial charge in [0, 0.05) is 37.6 Å². The molecule has 5 rings (SSSR count). The van der Waals surface area contributed by atoms with Gasteiger partial charge in [0.1, 0.15) is 11.6 Å². The van der Waals surface area contributed by atoms with Gasteiger partial charge in [-0.05, 0) is 46.5 Å². The highest BCUT2D eigenvalue weighted by Gasteiger charge is 2.50. The van der Waals surface area contributed by atoms with Crippen LogP contribution in [-0.2, 0) is 6.54 Å². The second-order valence-corrected chi connectivity index (χ2v) is 7.97. The first-order chi connectivity index (χ1) is 14.2. The molecule has 2 aliphatic rings. The number of ether oxygens (including phenoxy) is 1. The highest BCUT2D eigenvalue weighted by molar-refractivity contribution is 5.65. The lowest BCUT2D eigenvalue weighted by Crippen LogP contribution is -2.72. The fourth-order valence-corrected chi connectivity index (χ4v) is 4.86. The van der Waals surface area contributed by atoms with Crippen LogP contribution in [-0.4, -0.2) is 37.2 Å². The average Bonchev–Trinajstić information content (AvgIpc) is 2.79. The van der Waals surface area contributed by atoms with Gasteiger partial charge in [-0.15, -0.1) is 0 Å². The summed E-state index contributed by atoms with van der Waals surface area (Å²) in [6, 6.07) is 25.0. The Kier molecular flexibility index (Phi) is 4.82. The third-order valence-electron chi connectivity index (χ3n) is 6.37. The van der Waals surface area contributed by atoms with Gasteiger partial charge in [0.2, 0.25) is 0 Å². The van der Waals surface area contributed by atoms with E-state index in [1.807, 2.05) is 24.3 Å². The molecule has 0 radical (unpaired) electrons. The Morgan fingerprint density at radius 3 is 2.34 bits per heavy atom. The number of fused-ring (bicyclic) bond motifs is 2. The number of hydrogen-bond donors (Lipinski definition) is 1. The van der Waals surface area contributed by atoms with Crippen molar-refractivity contribution in [1.29, 1.82) is 0 Å². The molecule has 2 heterocycles. The molecule has 0 aromatic heterocycles. The summed E-state index contributed by atoms with van der Waals surface area (Å²) in [5.41, 5.74) is 4.96. The van der Waals surface area contributed by atoms with E-state index in [2.05, 4.69) is 46.6 Å². The molecule has 148 valence electrons. The number of benzene rings is 3. The molecular formula is C25H25FN2O. The van der Waals surface area contributed by atoms with Crippen LogP contribution < -0.4 is 10.1 Å². The van der Waals surface area contributed by atoms with Crippen molar-refractivity contribution in [1.82, 2.24) is 10.2 Å². The summed E-state index contributed by atoms with van der Waals surface area (Å²) in [4.78, 5) is 2.56. The van der Waals surface area contributed by atoms with Crippen molar-refractivity contribution in [2.24, 2.45) is 0 Å². The van der Waals surface area contributed by atoms with Gasteiger partial charge in [-0.2, -0.15) is 0 Å². The van der Waals surface area contributed by atoms with Gasteiger partial charge >= 0.3 is 0 Å². The molecule has 2 bridgehead atoms. The van der Waals surface area contributed by atoms with Crippen molar-refractivity contribution in [3.63, 3.8) is 0 Å². The highest BCUT2D eigenvalue weighted by Crippen LogP contribution is 2.43. The van der Waals surface area contributed by atoms with Crippen LogP contribution in [0.3, 0.4) is 0 Å². The highest BCUT2D eigenvalue weighted by atomic mass is 19.1. The maximum absolute atomic E-state index is 13.2. The second kappa shape index (κ2) is 7.62. The molecule has 3 atom stereocenters. The maximum Gasteiger partial charge on any atom is 0.123 e. The Labute approximate surface area is 171 Å². The van der Waals surface area contributed by atoms with E-state index in [0.717, 1.165) is 25.4 Å². The largest absolute Gasteiger partial charge is 0.497 e. The number of likely N-dealkylation sites (tertiary alicyclic amines) is 1. The Morgan fingerprint density at radius 1 is 0.931 bits per heavy atom. The zero-order valence-electron chi connectivity index (χ0n) is 16.5. The minimum atomic E-state index is -0.173. The van der Waals surface area contributed by atoms with Gasteiger partial charge in [-0.1, -0.05) is 48.5 Å². The van der Waals surface area contributed by atoms with Crippen LogP contribution in [0, 0.1) is 5.82 Å². The fourth-order valence-electron chi connectivity index (χ4n) is 4.86. The number of rotatable bonds is 5. The van der Waals surface area contributed by atoms with Crippen molar-refractivity contribution >= 4 is 0 Å². The molecule has 0 aliphatic carbocycles. The lowest BCUT2D eigenvalue weighted by Gasteiger charge is -2.59. The molecule has 29 heavy (non-hydrogen) atoms. The molecular weight excluding hydrogens is 363 g/mol. The van der Waals surface area contributed by atoms with E-state index < -0.39 is 0 Å². The third kappa shape index (κ3) is 3.43. The second-order valence-electron chi connectivity index (χ2n) is 7.97. The molecule has 1 N–H and O–H groups in total. The minimum absolute atomic E-state index is 0.173. The molecule has 0 spiro atoms. The van der Waals surface area contributed by atoms with Gasteiger partial charge in [-0.25, -0.2) is 4.39 Å². The SMILES string of the molecule is COc1cccc(-c2ccc(C3[C@H]4CNC[C@@H]3N4Cc3ccc(F)cc3)cc2)c1. The zero-order chi connectivity index (χ0) is 19.8. The van der Waals surface area contributed by atoms with E-state index in [0.29, 0.717) is 18.0 Å². The van der Waals surface area contributed by atoms with Crippen LogP contribution in [0.15, 0.2) is 72.8 Å². The number of piperidine rings is 1. The number of halogens is 1. The van der Waals surface area contributed by atoms with Crippen LogP contribution in [0.25, 0.3) is 11.1 Å². The number of hydrogen-bond acceptors (Lipinski definition) is 3. The molecule has 0 amide bonds. The van der Waals surface area contributed by atoms with E-state index in [-0.39, 0.29) is 5.82 Å². The molecule has 1 unspecified atom stereocenters. The lowest BCUT2D eigenvalue weighted by molar-refractivity contribution is -0.0483.